The fraction of sp³-hybridized carbons (Fsp3) is 0.769. The van der Waals surface area contributed by atoms with Gasteiger partial charge in [-0.05, 0) is 40.5 Å². The maximum atomic E-state index is 12.4. The van der Waals surface area contributed by atoms with Crippen LogP contribution in [0.15, 0.2) is 12.3 Å². The lowest BCUT2D eigenvalue weighted by Crippen LogP contribution is -2.49. The zero-order valence-corrected chi connectivity index (χ0v) is 14.2. The van der Waals surface area contributed by atoms with Crippen LogP contribution in [0.1, 0.15) is 40.5 Å². The third-order valence-corrected chi connectivity index (χ3v) is 4.34. The highest BCUT2D eigenvalue weighted by molar-refractivity contribution is 7.87. The topological polar surface area (TPSA) is 72.9 Å². The fourth-order valence-corrected chi connectivity index (χ4v) is 2.67. The van der Waals surface area contributed by atoms with Gasteiger partial charge in [0.1, 0.15) is 16.9 Å². The minimum Gasteiger partial charge on any atom is -0.444 e. The van der Waals surface area contributed by atoms with Gasteiger partial charge in [0.2, 0.25) is 0 Å². The maximum absolute atomic E-state index is 12.4. The minimum absolute atomic E-state index is 0.194. The fourth-order valence-electron chi connectivity index (χ4n) is 2.13. The molecule has 1 aliphatic heterocycles. The summed E-state index contributed by atoms with van der Waals surface area (Å²) in [4.78, 5) is 13.3. The first kappa shape index (κ1) is 19.6. The summed E-state index contributed by atoms with van der Waals surface area (Å²) in [6.07, 6.45) is -0.116. The Hall–Kier alpha value is -1.45. The van der Waals surface area contributed by atoms with E-state index in [1.165, 1.54) is 6.92 Å². The molecular weight excluding hydrogens is 339 g/mol. The molecular formula is C13H20F3NO5S. The summed E-state index contributed by atoms with van der Waals surface area (Å²) in [5.41, 5.74) is -7.77. The molecule has 1 fully saturated rings. The van der Waals surface area contributed by atoms with Gasteiger partial charge >= 0.3 is 21.7 Å². The smallest absolute Gasteiger partial charge is 0.444 e. The third kappa shape index (κ3) is 4.30. The summed E-state index contributed by atoms with van der Waals surface area (Å²) in [7, 11) is -5.84. The van der Waals surface area contributed by atoms with Gasteiger partial charge in [-0.25, -0.2) is 4.79 Å². The van der Waals surface area contributed by atoms with Gasteiger partial charge < -0.3 is 8.92 Å². The Kier molecular flexibility index (Phi) is 5.01. The number of carbonyl (C=O) groups excluding carboxylic acids is 1. The van der Waals surface area contributed by atoms with Gasteiger partial charge in [0.05, 0.1) is 0 Å². The molecule has 134 valence electrons. The van der Waals surface area contributed by atoms with Gasteiger partial charge in [-0.1, -0.05) is 6.58 Å². The summed E-state index contributed by atoms with van der Waals surface area (Å²) in [5, 5.41) is 0. The number of halogens is 3. The van der Waals surface area contributed by atoms with Crippen molar-refractivity contribution in [2.45, 2.75) is 57.2 Å². The molecule has 10 heteroatoms. The van der Waals surface area contributed by atoms with E-state index in [0.717, 1.165) is 4.90 Å². The molecule has 1 aliphatic rings. The number of ether oxygens (including phenoxy) is 1. The number of carbonyl (C=O) groups is 1. The van der Waals surface area contributed by atoms with Gasteiger partial charge in [0, 0.05) is 6.54 Å². The first-order valence-electron chi connectivity index (χ1n) is 6.81. The highest BCUT2D eigenvalue weighted by Crippen LogP contribution is 2.39. The molecule has 0 bridgehead atoms. The molecule has 0 saturated carbocycles. The van der Waals surface area contributed by atoms with E-state index in [1.807, 2.05) is 0 Å². The molecule has 0 unspecified atom stereocenters. The van der Waals surface area contributed by atoms with Crippen LogP contribution in [0.25, 0.3) is 0 Å². The predicted molar refractivity (Wildman–Crippen MR) is 75.8 cm³/mol. The molecule has 0 N–H and O–H groups in total. The second-order valence-corrected chi connectivity index (χ2v) is 7.95. The molecule has 1 atom stereocenters. The van der Waals surface area contributed by atoms with Gasteiger partial charge in [-0.2, -0.15) is 21.6 Å². The molecule has 0 aromatic heterocycles. The van der Waals surface area contributed by atoms with Gasteiger partial charge in [-0.3, -0.25) is 4.90 Å². The number of likely N-dealkylation sites (tertiary alicyclic amines) is 1. The lowest BCUT2D eigenvalue weighted by Gasteiger charge is -2.36. The molecule has 1 saturated heterocycles. The van der Waals surface area contributed by atoms with Crippen molar-refractivity contribution in [3.8, 4) is 0 Å². The van der Waals surface area contributed by atoms with Crippen LogP contribution in [0.4, 0.5) is 18.0 Å². The van der Waals surface area contributed by atoms with E-state index in [9.17, 15) is 26.4 Å². The van der Waals surface area contributed by atoms with Crippen molar-refractivity contribution < 1.29 is 35.3 Å². The molecule has 0 aliphatic carbocycles. The zero-order chi connectivity index (χ0) is 18.3. The van der Waals surface area contributed by atoms with Crippen LogP contribution in [0.5, 0.6) is 0 Å². The van der Waals surface area contributed by atoms with Crippen molar-refractivity contribution in [2.75, 3.05) is 6.54 Å². The molecule has 1 heterocycles. The van der Waals surface area contributed by atoms with E-state index in [-0.39, 0.29) is 13.0 Å². The quantitative estimate of drug-likeness (QED) is 0.440. The Balaban J connectivity index is 3.00. The maximum Gasteiger partial charge on any atom is 0.534 e. The van der Waals surface area contributed by atoms with Gasteiger partial charge in [0.25, 0.3) is 0 Å². The molecule has 1 amide bonds. The largest absolute Gasteiger partial charge is 0.534 e. The molecule has 0 radical (unpaired) electrons. The highest BCUT2D eigenvalue weighted by Gasteiger charge is 2.52. The van der Waals surface area contributed by atoms with Crippen LogP contribution in [0, 0.1) is 0 Å². The average Bonchev–Trinajstić information content (AvgIpc) is 2.68. The summed E-state index contributed by atoms with van der Waals surface area (Å²) >= 11 is 0. The van der Waals surface area contributed by atoms with Crippen molar-refractivity contribution in [1.29, 1.82) is 0 Å². The van der Waals surface area contributed by atoms with Crippen molar-refractivity contribution in [2.24, 2.45) is 0 Å². The minimum atomic E-state index is -5.84. The van der Waals surface area contributed by atoms with Crippen molar-refractivity contribution in [1.82, 2.24) is 4.90 Å². The van der Waals surface area contributed by atoms with Gasteiger partial charge in [0.15, 0.2) is 0 Å². The van der Waals surface area contributed by atoms with E-state index in [2.05, 4.69) is 10.8 Å². The number of hydrogen-bond acceptors (Lipinski definition) is 5. The van der Waals surface area contributed by atoms with Crippen LogP contribution in [-0.4, -0.2) is 42.6 Å². The number of alkyl halides is 3. The van der Waals surface area contributed by atoms with Crippen molar-refractivity contribution in [3.63, 3.8) is 0 Å². The Labute approximate surface area is 133 Å². The lowest BCUT2D eigenvalue weighted by atomic mass is 9.97. The van der Waals surface area contributed by atoms with Crippen LogP contribution in [0.2, 0.25) is 0 Å². The zero-order valence-electron chi connectivity index (χ0n) is 13.4. The van der Waals surface area contributed by atoms with E-state index >= 15 is 0 Å². The standard InChI is InChI=1S/C13H20F3NO5S/c1-9(22-23(19,20)13(14,15)16)12(5)7-6-8-17(12)10(18)21-11(2,3)4/h1,6-8H2,2-5H3/t12-/m0/s1. The average molecular weight is 359 g/mol. The SMILES string of the molecule is C=C(OS(=O)(=O)C(F)(F)F)[C@]1(C)CCCN1C(=O)OC(C)(C)C. The van der Waals surface area contributed by atoms with Crippen LogP contribution in [-0.2, 0) is 19.0 Å². The van der Waals surface area contributed by atoms with E-state index in [1.54, 1.807) is 20.8 Å². The Morgan fingerprint density at radius 2 is 1.78 bits per heavy atom. The summed E-state index contributed by atoms with van der Waals surface area (Å²) in [6.45, 7) is 9.78. The number of rotatable bonds is 3. The van der Waals surface area contributed by atoms with E-state index < -0.39 is 38.6 Å². The number of amides is 1. The first-order valence-corrected chi connectivity index (χ1v) is 8.22. The second-order valence-electron chi connectivity index (χ2n) is 6.42. The van der Waals surface area contributed by atoms with Crippen molar-refractivity contribution >= 4 is 16.2 Å². The summed E-state index contributed by atoms with van der Waals surface area (Å²) in [5.74, 6) is -0.668. The molecule has 6 nitrogen and oxygen atoms in total. The monoisotopic (exact) mass is 359 g/mol. The van der Waals surface area contributed by atoms with E-state index in [0.29, 0.717) is 6.42 Å². The van der Waals surface area contributed by atoms with Gasteiger partial charge in [-0.15, -0.1) is 0 Å². The number of hydrogen-bond donors (Lipinski definition) is 0. The summed E-state index contributed by atoms with van der Waals surface area (Å²) < 4.78 is 68.8. The molecule has 23 heavy (non-hydrogen) atoms. The van der Waals surface area contributed by atoms with Crippen molar-refractivity contribution in [3.05, 3.63) is 12.3 Å². The van der Waals surface area contributed by atoms with Crippen LogP contribution >= 0.6 is 0 Å². The second kappa shape index (κ2) is 5.88. The van der Waals surface area contributed by atoms with E-state index in [4.69, 9.17) is 4.74 Å². The predicted octanol–water partition coefficient (Wildman–Crippen LogP) is 3.16. The molecule has 0 aromatic rings. The highest BCUT2D eigenvalue weighted by atomic mass is 32.2. The van der Waals surface area contributed by atoms with Crippen LogP contribution in [0.3, 0.4) is 0 Å². The first-order chi connectivity index (χ1) is 10.1. The molecule has 0 spiro atoms. The number of nitrogens with zero attached hydrogens (tertiary/aromatic N) is 1. The molecule has 0 aromatic carbocycles. The van der Waals surface area contributed by atoms with Crippen LogP contribution < -0.4 is 0 Å². The summed E-state index contributed by atoms with van der Waals surface area (Å²) in [6, 6.07) is 0. The third-order valence-electron chi connectivity index (χ3n) is 3.35. The lowest BCUT2D eigenvalue weighted by molar-refractivity contribution is -0.0535. The Morgan fingerprint density at radius 3 is 2.22 bits per heavy atom. The normalized spacial score (nSPS) is 22.8. The Morgan fingerprint density at radius 1 is 1.26 bits per heavy atom. The molecule has 1 rings (SSSR count). The Bertz CT molecular complexity index is 594.